The van der Waals surface area contributed by atoms with E-state index < -0.39 is 31.8 Å². The van der Waals surface area contributed by atoms with Gasteiger partial charge in [0.25, 0.3) is 5.56 Å². The maximum Gasteiger partial charge on any atom is 0.510 e. The topological polar surface area (TPSA) is 135 Å². The second kappa shape index (κ2) is 14.7. The van der Waals surface area contributed by atoms with Gasteiger partial charge in [-0.15, -0.1) is 0 Å². The van der Waals surface area contributed by atoms with E-state index in [1.807, 2.05) is 13.8 Å². The number of aromatic amines is 1. The zero-order chi connectivity index (χ0) is 28.3. The number of allylic oxidation sites excluding steroid dienone is 2. The summed E-state index contributed by atoms with van der Waals surface area (Å²) in [5.74, 6) is 0. The zero-order valence-electron chi connectivity index (χ0n) is 23.3. The van der Waals surface area contributed by atoms with Crippen molar-refractivity contribution in [1.82, 2.24) is 9.55 Å². The lowest BCUT2D eigenvalue weighted by molar-refractivity contribution is -0.0471. The van der Waals surface area contributed by atoms with Crippen LogP contribution in [0.3, 0.4) is 0 Å². The number of hydrogen-bond donors (Lipinski definition) is 1. The van der Waals surface area contributed by atoms with Crippen LogP contribution in [0.2, 0.25) is 0 Å². The molecule has 0 amide bonds. The SMILES string of the molecule is Cc1cn(C/C=C/CP(=O)(OCCCOC(C)(C)CC(C)(C)C)OCOC(=O)OC(C)C)c(=O)[nH]c1=O. The molecule has 37 heavy (non-hydrogen) atoms. The maximum absolute atomic E-state index is 13.3. The van der Waals surface area contributed by atoms with Crippen LogP contribution in [0.25, 0.3) is 0 Å². The van der Waals surface area contributed by atoms with Gasteiger partial charge in [-0.3, -0.25) is 23.4 Å². The minimum atomic E-state index is -3.69. The Balaban J connectivity index is 2.71. The summed E-state index contributed by atoms with van der Waals surface area (Å²) < 4.78 is 41.1. The molecular weight excluding hydrogens is 503 g/mol. The van der Waals surface area contributed by atoms with E-state index in [0.29, 0.717) is 18.6 Å². The quantitative estimate of drug-likeness (QED) is 0.108. The van der Waals surface area contributed by atoms with E-state index in [0.717, 1.165) is 6.42 Å². The standard InChI is InChI=1S/C25H43N2O9P/c1-19(2)36-23(30)32-18-35-37(31,34-14-11-13-33-25(7,8)17-24(4,5)6)15-10-9-12-27-16-20(3)21(28)26-22(27)29/h9-10,16,19H,11-15,17-18H2,1-8H3,(H,26,28,29)/b10-9+. The zero-order valence-corrected chi connectivity index (χ0v) is 24.2. The summed E-state index contributed by atoms with van der Waals surface area (Å²) in [4.78, 5) is 37.2. The molecule has 1 heterocycles. The summed E-state index contributed by atoms with van der Waals surface area (Å²) in [7, 11) is -3.69. The van der Waals surface area contributed by atoms with Crippen LogP contribution in [-0.2, 0) is 34.4 Å². The van der Waals surface area contributed by atoms with Crippen molar-refractivity contribution in [3.63, 3.8) is 0 Å². The third-order valence-electron chi connectivity index (χ3n) is 4.77. The van der Waals surface area contributed by atoms with Crippen molar-refractivity contribution < 1.29 is 32.6 Å². The van der Waals surface area contributed by atoms with E-state index in [1.165, 1.54) is 10.8 Å². The van der Waals surface area contributed by atoms with Gasteiger partial charge in [-0.05, 0) is 52.9 Å². The summed E-state index contributed by atoms with van der Waals surface area (Å²) in [6, 6.07) is 0. The van der Waals surface area contributed by atoms with Crippen LogP contribution in [0, 0.1) is 12.3 Å². The number of hydrogen-bond acceptors (Lipinski definition) is 9. The van der Waals surface area contributed by atoms with Crippen LogP contribution < -0.4 is 11.2 Å². The van der Waals surface area contributed by atoms with Crippen LogP contribution in [-0.4, -0.2) is 53.6 Å². The first-order valence-electron chi connectivity index (χ1n) is 12.3. The van der Waals surface area contributed by atoms with Crippen molar-refractivity contribution in [3.05, 3.63) is 44.8 Å². The van der Waals surface area contributed by atoms with Gasteiger partial charge >= 0.3 is 19.4 Å². The average molecular weight is 547 g/mol. The Kier molecular flexibility index (Phi) is 13.0. The summed E-state index contributed by atoms with van der Waals surface area (Å²) in [5, 5.41) is 0. The lowest BCUT2D eigenvalue weighted by Crippen LogP contribution is -2.30. The van der Waals surface area contributed by atoms with Crippen molar-refractivity contribution in [2.45, 2.75) is 86.5 Å². The van der Waals surface area contributed by atoms with Gasteiger partial charge in [0.2, 0.25) is 6.79 Å². The Morgan fingerprint density at radius 3 is 2.41 bits per heavy atom. The van der Waals surface area contributed by atoms with Crippen LogP contribution in [0.4, 0.5) is 4.79 Å². The number of carbonyl (C=O) groups is 1. The molecule has 1 aromatic rings. The third-order valence-corrected chi connectivity index (χ3v) is 6.50. The van der Waals surface area contributed by atoms with Crippen LogP contribution in [0.1, 0.15) is 66.9 Å². The van der Waals surface area contributed by atoms with Gasteiger partial charge in [-0.25, -0.2) is 9.59 Å². The van der Waals surface area contributed by atoms with Gasteiger partial charge in [0.05, 0.1) is 24.5 Å². The molecular formula is C25H43N2O9P. The lowest BCUT2D eigenvalue weighted by Gasteiger charge is -2.32. The average Bonchev–Trinajstić information content (AvgIpc) is 2.72. The summed E-state index contributed by atoms with van der Waals surface area (Å²) in [6.45, 7) is 15.5. The fourth-order valence-electron chi connectivity index (χ4n) is 3.61. The van der Waals surface area contributed by atoms with Gasteiger partial charge in [0.1, 0.15) is 0 Å². The molecule has 212 valence electrons. The van der Waals surface area contributed by atoms with Crippen LogP contribution >= 0.6 is 7.60 Å². The van der Waals surface area contributed by atoms with E-state index in [1.54, 1.807) is 32.9 Å². The Bertz CT molecular complexity index is 1050. The molecule has 1 atom stereocenters. The smallest absolute Gasteiger partial charge is 0.432 e. The Labute approximate surface area is 219 Å². The van der Waals surface area contributed by atoms with Gasteiger partial charge in [0, 0.05) is 24.9 Å². The molecule has 0 aliphatic heterocycles. The number of aryl methyl sites for hydroxylation is 1. The monoisotopic (exact) mass is 546 g/mol. The number of H-pyrrole nitrogens is 1. The molecule has 1 unspecified atom stereocenters. The highest BCUT2D eigenvalue weighted by Gasteiger charge is 2.27. The van der Waals surface area contributed by atoms with Gasteiger partial charge in [-0.2, -0.15) is 0 Å². The lowest BCUT2D eigenvalue weighted by atomic mass is 9.84. The van der Waals surface area contributed by atoms with Gasteiger partial charge in [-0.1, -0.05) is 32.9 Å². The number of aromatic nitrogens is 2. The van der Waals surface area contributed by atoms with E-state index in [-0.39, 0.29) is 36.4 Å². The molecule has 0 fully saturated rings. The fourth-order valence-corrected chi connectivity index (χ4v) is 4.92. The first-order valence-corrected chi connectivity index (χ1v) is 14.1. The molecule has 1 aromatic heterocycles. The highest BCUT2D eigenvalue weighted by atomic mass is 31.2. The Morgan fingerprint density at radius 2 is 1.78 bits per heavy atom. The van der Waals surface area contributed by atoms with E-state index in [2.05, 4.69) is 25.8 Å². The Hall–Kier alpha value is -2.20. The van der Waals surface area contributed by atoms with Crippen molar-refractivity contribution >= 4 is 13.8 Å². The number of nitrogens with zero attached hydrogens (tertiary/aromatic N) is 1. The first-order chi connectivity index (χ1) is 17.0. The number of nitrogens with one attached hydrogen (secondary N) is 1. The molecule has 1 N–H and O–H groups in total. The van der Waals surface area contributed by atoms with Crippen molar-refractivity contribution in [2.24, 2.45) is 5.41 Å². The van der Waals surface area contributed by atoms with E-state index >= 15 is 0 Å². The number of ether oxygens (including phenoxy) is 3. The minimum absolute atomic E-state index is 0.103. The molecule has 0 saturated heterocycles. The van der Waals surface area contributed by atoms with Gasteiger partial charge < -0.3 is 18.7 Å². The van der Waals surface area contributed by atoms with Gasteiger partial charge in [0.15, 0.2) is 0 Å². The summed E-state index contributed by atoms with van der Waals surface area (Å²) in [6.07, 6.45) is 4.49. The maximum atomic E-state index is 13.3. The molecule has 0 radical (unpaired) electrons. The van der Waals surface area contributed by atoms with Crippen LogP contribution in [0.5, 0.6) is 0 Å². The summed E-state index contributed by atoms with van der Waals surface area (Å²) in [5.41, 5.74) is -0.806. The Morgan fingerprint density at radius 1 is 1.11 bits per heavy atom. The molecule has 0 aromatic carbocycles. The van der Waals surface area contributed by atoms with E-state index in [9.17, 15) is 18.9 Å². The third kappa shape index (κ3) is 14.4. The molecule has 0 aliphatic carbocycles. The molecule has 1 rings (SSSR count). The molecule has 0 saturated carbocycles. The molecule has 0 spiro atoms. The number of carbonyl (C=O) groups excluding carboxylic acids is 1. The largest absolute Gasteiger partial charge is 0.510 e. The molecule has 12 heteroatoms. The normalized spacial score (nSPS) is 14.2. The fraction of sp³-hybridized carbons (Fsp3) is 0.720. The molecule has 0 aliphatic rings. The predicted octanol–water partition coefficient (Wildman–Crippen LogP) is 4.77. The number of rotatable bonds is 15. The van der Waals surface area contributed by atoms with Crippen molar-refractivity contribution in [1.29, 1.82) is 0 Å². The van der Waals surface area contributed by atoms with Crippen molar-refractivity contribution in [3.8, 4) is 0 Å². The second-order valence-electron chi connectivity index (χ2n) is 10.8. The predicted molar refractivity (Wildman–Crippen MR) is 141 cm³/mol. The highest BCUT2D eigenvalue weighted by Crippen LogP contribution is 2.48. The van der Waals surface area contributed by atoms with Crippen LogP contribution in [0.15, 0.2) is 27.9 Å². The van der Waals surface area contributed by atoms with Crippen molar-refractivity contribution in [2.75, 3.05) is 26.2 Å². The second-order valence-corrected chi connectivity index (χ2v) is 12.9. The highest BCUT2D eigenvalue weighted by molar-refractivity contribution is 7.54. The first kappa shape index (κ1) is 32.8. The summed E-state index contributed by atoms with van der Waals surface area (Å²) >= 11 is 0. The molecule has 0 bridgehead atoms. The molecule has 11 nitrogen and oxygen atoms in total. The van der Waals surface area contributed by atoms with E-state index in [4.69, 9.17) is 23.3 Å². The minimum Gasteiger partial charge on any atom is -0.432 e.